The van der Waals surface area contributed by atoms with Crippen molar-refractivity contribution in [1.82, 2.24) is 14.9 Å². The van der Waals surface area contributed by atoms with Crippen LogP contribution in [-0.2, 0) is 24.9 Å². The lowest BCUT2D eigenvalue weighted by atomic mass is 10.1. The molecule has 0 aliphatic carbocycles. The van der Waals surface area contributed by atoms with Gasteiger partial charge in [0, 0.05) is 30.6 Å². The number of rotatable bonds is 9. The summed E-state index contributed by atoms with van der Waals surface area (Å²) in [6.45, 7) is 0.243. The Morgan fingerprint density at radius 2 is 1.67 bits per heavy atom. The fourth-order valence-electron chi connectivity index (χ4n) is 4.76. The van der Waals surface area contributed by atoms with Gasteiger partial charge in [-0.1, -0.05) is 36.0 Å². The predicted octanol–water partition coefficient (Wildman–Crippen LogP) is 6.35. The molecule has 0 bridgehead atoms. The molecule has 1 aliphatic heterocycles. The number of nitrogens with zero attached hydrogens (tertiary/aromatic N) is 3. The Morgan fingerprint density at radius 3 is 2.40 bits per heavy atom. The molecule has 0 spiro atoms. The molecule has 3 N–H and O–H groups in total. The van der Waals surface area contributed by atoms with Crippen LogP contribution in [-0.4, -0.2) is 32.0 Å². The standard InChI is InChI=1S/C33H26N6O5S/c1-39-28-17-26(44-25-7-3-6-23(16-25)36-32(41)35-22-5-2-4-21(14-22)18-34)12-13-27(28)37-30(39)19-43-24-10-8-20(9-11-24)15-29-31(40)38-33(42)45-29/h2-14,16-17,29H,15,19H2,1H3,(H2,35,36,41)(H,38,40,42). The van der Waals surface area contributed by atoms with E-state index in [9.17, 15) is 14.4 Å². The third-order valence-electron chi connectivity index (χ3n) is 7.00. The van der Waals surface area contributed by atoms with E-state index in [0.29, 0.717) is 40.6 Å². The van der Waals surface area contributed by atoms with Crippen LogP contribution in [0.5, 0.6) is 17.2 Å². The van der Waals surface area contributed by atoms with Crippen molar-refractivity contribution in [1.29, 1.82) is 5.26 Å². The average molecular weight is 619 g/mol. The zero-order chi connectivity index (χ0) is 31.3. The number of nitriles is 1. The summed E-state index contributed by atoms with van der Waals surface area (Å²) in [5.74, 6) is 2.26. The minimum atomic E-state index is -0.445. The molecule has 0 saturated carbocycles. The van der Waals surface area contributed by atoms with Crippen molar-refractivity contribution in [3.8, 4) is 23.3 Å². The first-order valence-corrected chi connectivity index (χ1v) is 14.8. The maximum absolute atomic E-state index is 12.5. The summed E-state index contributed by atoms with van der Waals surface area (Å²) in [5.41, 5.74) is 4.08. The van der Waals surface area contributed by atoms with Gasteiger partial charge in [-0.15, -0.1) is 0 Å². The lowest BCUT2D eigenvalue weighted by molar-refractivity contribution is -0.118. The van der Waals surface area contributed by atoms with Gasteiger partial charge in [0.2, 0.25) is 5.91 Å². The fourth-order valence-corrected chi connectivity index (χ4v) is 5.62. The van der Waals surface area contributed by atoms with Gasteiger partial charge in [0.25, 0.3) is 5.24 Å². The van der Waals surface area contributed by atoms with E-state index in [-0.39, 0.29) is 17.8 Å². The van der Waals surface area contributed by atoms with Gasteiger partial charge in [0.1, 0.15) is 29.7 Å². The number of carbonyl (C=O) groups excluding carboxylic acids is 3. The van der Waals surface area contributed by atoms with Crippen molar-refractivity contribution < 1.29 is 23.9 Å². The van der Waals surface area contributed by atoms with E-state index in [4.69, 9.17) is 19.7 Å². The fraction of sp³-hybridized carbons (Fsp3) is 0.121. The number of hydrogen-bond acceptors (Lipinski definition) is 8. The number of nitrogens with one attached hydrogen (secondary N) is 3. The maximum Gasteiger partial charge on any atom is 0.323 e. The number of imidazole rings is 1. The van der Waals surface area contributed by atoms with Crippen molar-refractivity contribution in [3.63, 3.8) is 0 Å². The number of amides is 4. The van der Waals surface area contributed by atoms with Gasteiger partial charge in [-0.2, -0.15) is 5.26 Å². The summed E-state index contributed by atoms with van der Waals surface area (Å²) < 4.78 is 14.0. The topological polar surface area (TPSA) is 147 Å². The maximum atomic E-state index is 12.5. The molecule has 1 aliphatic rings. The Kier molecular flexibility index (Phi) is 8.35. The summed E-state index contributed by atoms with van der Waals surface area (Å²) in [7, 11) is 1.90. The van der Waals surface area contributed by atoms with E-state index in [1.165, 1.54) is 0 Å². The van der Waals surface area contributed by atoms with Crippen molar-refractivity contribution in [3.05, 3.63) is 108 Å². The predicted molar refractivity (Wildman–Crippen MR) is 170 cm³/mol. The van der Waals surface area contributed by atoms with Crippen molar-refractivity contribution in [2.75, 3.05) is 10.6 Å². The Balaban J connectivity index is 1.07. The summed E-state index contributed by atoms with van der Waals surface area (Å²) >= 11 is 1.01. The molecule has 4 aromatic carbocycles. The van der Waals surface area contributed by atoms with Gasteiger partial charge in [-0.3, -0.25) is 14.9 Å². The molecule has 1 saturated heterocycles. The summed E-state index contributed by atoms with van der Waals surface area (Å²) in [5, 5.41) is 16.1. The van der Waals surface area contributed by atoms with Crippen LogP contribution in [0.1, 0.15) is 17.0 Å². The van der Waals surface area contributed by atoms with Crippen LogP contribution < -0.4 is 25.4 Å². The number of carbonyl (C=O) groups is 3. The minimum absolute atomic E-state index is 0.243. The molecule has 1 unspecified atom stereocenters. The first kappa shape index (κ1) is 29.3. The Hall–Kier alpha value is -5.80. The first-order chi connectivity index (χ1) is 21.8. The number of benzene rings is 4. The monoisotopic (exact) mass is 618 g/mol. The molecule has 1 fully saturated rings. The van der Waals surface area contributed by atoms with Gasteiger partial charge in [0.15, 0.2) is 0 Å². The second-order valence-corrected chi connectivity index (χ2v) is 11.3. The summed E-state index contributed by atoms with van der Waals surface area (Å²) in [4.78, 5) is 40.4. The third kappa shape index (κ3) is 7.06. The molecule has 6 rings (SSSR count). The Morgan fingerprint density at radius 1 is 0.956 bits per heavy atom. The van der Waals surface area contributed by atoms with Gasteiger partial charge >= 0.3 is 6.03 Å². The number of aryl methyl sites for hydroxylation is 1. The third-order valence-corrected chi connectivity index (χ3v) is 7.98. The highest BCUT2D eigenvalue weighted by Crippen LogP contribution is 2.29. The Labute approximate surface area is 262 Å². The molecule has 12 heteroatoms. The number of ether oxygens (including phenoxy) is 2. The zero-order valence-corrected chi connectivity index (χ0v) is 24.8. The van der Waals surface area contributed by atoms with Crippen LogP contribution in [0.4, 0.5) is 21.0 Å². The minimum Gasteiger partial charge on any atom is -0.486 e. The van der Waals surface area contributed by atoms with Gasteiger partial charge in [0.05, 0.1) is 27.9 Å². The smallest absolute Gasteiger partial charge is 0.323 e. The SMILES string of the molecule is Cn1c(COc2ccc(CC3SC(=O)NC3=O)cc2)nc2ccc(Oc3cccc(NC(=O)Nc4cccc(C#N)c4)c3)cc21. The lowest BCUT2D eigenvalue weighted by Gasteiger charge is -2.10. The zero-order valence-electron chi connectivity index (χ0n) is 23.9. The molecular formula is C33H26N6O5S. The number of aromatic nitrogens is 2. The Bertz CT molecular complexity index is 1970. The summed E-state index contributed by atoms with van der Waals surface area (Å²) in [6.07, 6.45) is 0.465. The van der Waals surface area contributed by atoms with E-state index >= 15 is 0 Å². The van der Waals surface area contributed by atoms with E-state index in [1.807, 2.05) is 60.1 Å². The van der Waals surface area contributed by atoms with Crippen molar-refractivity contribution >= 4 is 51.3 Å². The van der Waals surface area contributed by atoms with E-state index in [0.717, 1.165) is 34.2 Å². The highest BCUT2D eigenvalue weighted by atomic mass is 32.2. The molecule has 5 aromatic rings. The quantitative estimate of drug-likeness (QED) is 0.173. The van der Waals surface area contributed by atoms with E-state index < -0.39 is 11.3 Å². The van der Waals surface area contributed by atoms with Crippen molar-refractivity contribution in [2.45, 2.75) is 18.3 Å². The number of urea groups is 1. The van der Waals surface area contributed by atoms with E-state index in [1.54, 1.807) is 48.5 Å². The molecule has 4 amide bonds. The lowest BCUT2D eigenvalue weighted by Crippen LogP contribution is -2.25. The van der Waals surface area contributed by atoms with Crippen LogP contribution in [0.3, 0.4) is 0 Å². The van der Waals surface area contributed by atoms with Crippen LogP contribution in [0.2, 0.25) is 0 Å². The second-order valence-electron chi connectivity index (χ2n) is 10.2. The van der Waals surface area contributed by atoms with Crippen LogP contribution >= 0.6 is 11.8 Å². The number of fused-ring (bicyclic) bond motifs is 1. The molecule has 11 nitrogen and oxygen atoms in total. The highest BCUT2D eigenvalue weighted by Gasteiger charge is 2.31. The van der Waals surface area contributed by atoms with Crippen LogP contribution in [0.25, 0.3) is 11.0 Å². The van der Waals surface area contributed by atoms with Gasteiger partial charge in [-0.05, 0) is 66.6 Å². The summed E-state index contributed by atoms with van der Waals surface area (Å²) in [6, 6.07) is 28.3. The number of hydrogen-bond donors (Lipinski definition) is 3. The van der Waals surface area contributed by atoms with Gasteiger partial charge < -0.3 is 24.7 Å². The number of anilines is 2. The van der Waals surface area contributed by atoms with Crippen molar-refractivity contribution in [2.24, 2.45) is 7.05 Å². The largest absolute Gasteiger partial charge is 0.486 e. The highest BCUT2D eigenvalue weighted by molar-refractivity contribution is 8.15. The molecule has 0 radical (unpaired) electrons. The van der Waals surface area contributed by atoms with Crippen LogP contribution in [0, 0.1) is 11.3 Å². The normalized spacial score (nSPS) is 14.1. The molecule has 45 heavy (non-hydrogen) atoms. The number of thioether (sulfide) groups is 1. The molecule has 2 heterocycles. The van der Waals surface area contributed by atoms with Gasteiger partial charge in [-0.25, -0.2) is 9.78 Å². The van der Waals surface area contributed by atoms with Crippen LogP contribution in [0.15, 0.2) is 91.0 Å². The molecule has 1 aromatic heterocycles. The second kappa shape index (κ2) is 12.8. The first-order valence-electron chi connectivity index (χ1n) is 13.9. The number of imide groups is 1. The molecular weight excluding hydrogens is 592 g/mol. The molecule has 224 valence electrons. The molecule has 1 atom stereocenters. The average Bonchev–Trinajstić information content (AvgIpc) is 3.52. The van der Waals surface area contributed by atoms with E-state index in [2.05, 4.69) is 16.0 Å².